The number of fused-ring (bicyclic) bond motifs is 1. The average Bonchev–Trinajstić information content (AvgIpc) is 3.04. The van der Waals surface area contributed by atoms with E-state index in [2.05, 4.69) is 22.0 Å². The quantitative estimate of drug-likeness (QED) is 0.722. The summed E-state index contributed by atoms with van der Waals surface area (Å²) in [6.07, 6.45) is 3.76. The fourth-order valence-corrected chi connectivity index (χ4v) is 2.66. The molecule has 0 radical (unpaired) electrons. The van der Waals surface area contributed by atoms with Crippen LogP contribution in [0.4, 0.5) is 5.82 Å². The van der Waals surface area contributed by atoms with Crippen molar-refractivity contribution < 1.29 is 4.74 Å². The number of morpholine rings is 1. The van der Waals surface area contributed by atoms with Crippen molar-refractivity contribution in [1.82, 2.24) is 14.4 Å². The minimum absolute atomic E-state index is 0.752. The Morgan fingerprint density at radius 1 is 1.05 bits per heavy atom. The van der Waals surface area contributed by atoms with Crippen LogP contribution in [0.5, 0.6) is 0 Å². The number of rotatable bonds is 2. The highest BCUT2D eigenvalue weighted by Gasteiger charge is 2.16. The molecule has 1 aromatic carbocycles. The zero-order chi connectivity index (χ0) is 14.1. The molecular weight excluding hydrogens is 264 g/mol. The molecule has 5 nitrogen and oxygen atoms in total. The van der Waals surface area contributed by atoms with Crippen LogP contribution in [0, 0.1) is 0 Å². The normalized spacial score (nSPS) is 15.5. The molecule has 0 atom stereocenters. The van der Waals surface area contributed by atoms with Crippen molar-refractivity contribution in [2.75, 3.05) is 31.2 Å². The van der Waals surface area contributed by atoms with Gasteiger partial charge in [0.05, 0.1) is 13.2 Å². The second-order valence-corrected chi connectivity index (χ2v) is 5.06. The summed E-state index contributed by atoms with van der Waals surface area (Å²) in [5.41, 5.74) is 2.01. The molecule has 1 saturated heterocycles. The molecule has 3 heterocycles. The van der Waals surface area contributed by atoms with Crippen LogP contribution in [0.1, 0.15) is 0 Å². The van der Waals surface area contributed by atoms with Crippen LogP contribution >= 0.6 is 0 Å². The van der Waals surface area contributed by atoms with E-state index in [1.54, 1.807) is 0 Å². The molecule has 0 unspecified atom stereocenters. The Bertz CT molecular complexity index is 747. The molecule has 4 rings (SSSR count). The zero-order valence-electron chi connectivity index (χ0n) is 11.6. The number of aromatic nitrogens is 3. The van der Waals surface area contributed by atoms with Gasteiger partial charge < -0.3 is 9.64 Å². The fourth-order valence-electron chi connectivity index (χ4n) is 2.66. The topological polar surface area (TPSA) is 42.7 Å². The van der Waals surface area contributed by atoms with Crippen molar-refractivity contribution in [3.8, 4) is 11.4 Å². The molecule has 0 spiro atoms. The predicted molar refractivity (Wildman–Crippen MR) is 81.5 cm³/mol. The van der Waals surface area contributed by atoms with E-state index in [1.807, 2.05) is 41.1 Å². The molecule has 3 aromatic rings. The molecule has 0 bridgehead atoms. The van der Waals surface area contributed by atoms with Gasteiger partial charge in [-0.3, -0.25) is 4.40 Å². The van der Waals surface area contributed by atoms with E-state index in [9.17, 15) is 0 Å². The molecule has 0 N–H and O–H groups in total. The predicted octanol–water partition coefficient (Wildman–Crippen LogP) is 2.23. The first-order chi connectivity index (χ1) is 10.4. The standard InChI is InChI=1S/C16H16N4O/c1-2-4-13(5-3-1)16-18-15(19-8-10-21-11-9-19)12-14-17-6-7-20(14)16/h1-7,12H,8-11H2. The van der Waals surface area contributed by atoms with E-state index in [0.29, 0.717) is 0 Å². The summed E-state index contributed by atoms with van der Waals surface area (Å²) in [6.45, 7) is 3.25. The van der Waals surface area contributed by atoms with Gasteiger partial charge >= 0.3 is 0 Å². The van der Waals surface area contributed by atoms with E-state index < -0.39 is 0 Å². The van der Waals surface area contributed by atoms with Gasteiger partial charge in [0.25, 0.3) is 0 Å². The van der Waals surface area contributed by atoms with Crippen molar-refractivity contribution in [3.05, 3.63) is 48.8 Å². The van der Waals surface area contributed by atoms with Gasteiger partial charge in [0.2, 0.25) is 0 Å². The lowest BCUT2D eigenvalue weighted by atomic mass is 10.2. The van der Waals surface area contributed by atoms with Gasteiger partial charge in [0, 0.05) is 37.1 Å². The van der Waals surface area contributed by atoms with Crippen molar-refractivity contribution in [1.29, 1.82) is 0 Å². The summed E-state index contributed by atoms with van der Waals surface area (Å²) >= 11 is 0. The third-order valence-corrected chi connectivity index (χ3v) is 3.74. The average molecular weight is 280 g/mol. The number of hydrogen-bond acceptors (Lipinski definition) is 4. The third-order valence-electron chi connectivity index (χ3n) is 3.74. The number of anilines is 1. The molecule has 1 aliphatic rings. The molecular formula is C16H16N4O. The first-order valence-corrected chi connectivity index (χ1v) is 7.14. The van der Waals surface area contributed by atoms with Gasteiger partial charge in [-0.1, -0.05) is 30.3 Å². The second kappa shape index (κ2) is 5.18. The van der Waals surface area contributed by atoms with E-state index in [1.165, 1.54) is 0 Å². The van der Waals surface area contributed by atoms with E-state index >= 15 is 0 Å². The Kier molecular flexibility index (Phi) is 3.05. The minimum Gasteiger partial charge on any atom is -0.378 e. The van der Waals surface area contributed by atoms with Crippen molar-refractivity contribution in [2.45, 2.75) is 0 Å². The summed E-state index contributed by atoms with van der Waals surface area (Å²) in [5.74, 6) is 1.89. The molecule has 1 fully saturated rings. The van der Waals surface area contributed by atoms with Crippen LogP contribution in [0.15, 0.2) is 48.8 Å². The Hall–Kier alpha value is -2.40. The van der Waals surface area contributed by atoms with Gasteiger partial charge in [-0.25, -0.2) is 9.97 Å². The summed E-state index contributed by atoms with van der Waals surface area (Å²) in [4.78, 5) is 11.5. The number of hydrogen-bond donors (Lipinski definition) is 0. The van der Waals surface area contributed by atoms with Crippen LogP contribution < -0.4 is 4.90 Å². The largest absolute Gasteiger partial charge is 0.378 e. The molecule has 5 heteroatoms. The Labute approximate surface area is 122 Å². The van der Waals surface area contributed by atoms with E-state index in [4.69, 9.17) is 9.72 Å². The number of nitrogens with zero attached hydrogens (tertiary/aromatic N) is 4. The highest BCUT2D eigenvalue weighted by atomic mass is 16.5. The van der Waals surface area contributed by atoms with Gasteiger partial charge in [-0.15, -0.1) is 0 Å². The van der Waals surface area contributed by atoms with Crippen LogP contribution in [-0.2, 0) is 4.74 Å². The summed E-state index contributed by atoms with van der Waals surface area (Å²) in [5, 5.41) is 0. The van der Waals surface area contributed by atoms with Crippen molar-refractivity contribution in [3.63, 3.8) is 0 Å². The maximum Gasteiger partial charge on any atom is 0.148 e. The van der Waals surface area contributed by atoms with Crippen LogP contribution in [0.25, 0.3) is 17.0 Å². The Morgan fingerprint density at radius 2 is 1.86 bits per heavy atom. The van der Waals surface area contributed by atoms with Crippen LogP contribution in [0.3, 0.4) is 0 Å². The molecule has 0 saturated carbocycles. The molecule has 0 aliphatic carbocycles. The number of ether oxygens (including phenoxy) is 1. The summed E-state index contributed by atoms with van der Waals surface area (Å²) in [7, 11) is 0. The zero-order valence-corrected chi connectivity index (χ0v) is 11.6. The minimum atomic E-state index is 0.752. The van der Waals surface area contributed by atoms with Crippen molar-refractivity contribution >= 4 is 11.5 Å². The first-order valence-electron chi connectivity index (χ1n) is 7.14. The maximum atomic E-state index is 5.42. The van der Waals surface area contributed by atoms with Crippen LogP contribution in [0.2, 0.25) is 0 Å². The van der Waals surface area contributed by atoms with Crippen LogP contribution in [-0.4, -0.2) is 40.7 Å². The Morgan fingerprint density at radius 3 is 2.67 bits per heavy atom. The second-order valence-electron chi connectivity index (χ2n) is 5.06. The monoisotopic (exact) mass is 280 g/mol. The number of imidazole rings is 1. The molecule has 1 aliphatic heterocycles. The SMILES string of the molecule is c1ccc(-c2nc(N3CCOCC3)cc3nccn23)cc1. The van der Waals surface area contributed by atoms with Gasteiger partial charge in [0.15, 0.2) is 0 Å². The first kappa shape index (κ1) is 12.3. The van der Waals surface area contributed by atoms with Gasteiger partial charge in [0.1, 0.15) is 17.3 Å². The highest BCUT2D eigenvalue weighted by molar-refractivity contribution is 5.64. The maximum absolute atomic E-state index is 5.42. The lowest BCUT2D eigenvalue weighted by molar-refractivity contribution is 0.122. The number of benzene rings is 1. The summed E-state index contributed by atoms with van der Waals surface area (Å²) in [6, 6.07) is 12.3. The molecule has 21 heavy (non-hydrogen) atoms. The molecule has 2 aromatic heterocycles. The van der Waals surface area contributed by atoms with Crippen molar-refractivity contribution in [2.24, 2.45) is 0 Å². The highest BCUT2D eigenvalue weighted by Crippen LogP contribution is 2.23. The van der Waals surface area contributed by atoms with Gasteiger partial charge in [-0.05, 0) is 0 Å². The van der Waals surface area contributed by atoms with E-state index in [-0.39, 0.29) is 0 Å². The summed E-state index contributed by atoms with van der Waals surface area (Å²) < 4.78 is 7.45. The van der Waals surface area contributed by atoms with Gasteiger partial charge in [-0.2, -0.15) is 0 Å². The smallest absolute Gasteiger partial charge is 0.148 e. The lowest BCUT2D eigenvalue weighted by Crippen LogP contribution is -2.36. The third kappa shape index (κ3) is 2.25. The Balaban J connectivity index is 1.86. The molecule has 0 amide bonds. The fraction of sp³-hybridized carbons (Fsp3) is 0.250. The van der Waals surface area contributed by atoms with E-state index in [0.717, 1.165) is 49.2 Å². The molecule has 106 valence electrons. The lowest BCUT2D eigenvalue weighted by Gasteiger charge is -2.28.